The maximum Gasteiger partial charge on any atom is 0.125 e. The van der Waals surface area contributed by atoms with Gasteiger partial charge in [-0.05, 0) is 38.9 Å². The Morgan fingerprint density at radius 2 is 2.40 bits per heavy atom. The molecule has 0 aliphatic carbocycles. The van der Waals surface area contributed by atoms with Gasteiger partial charge in [-0.3, -0.25) is 0 Å². The number of likely N-dealkylation sites (tertiary alicyclic amines) is 1. The van der Waals surface area contributed by atoms with Gasteiger partial charge in [0.2, 0.25) is 0 Å². The van der Waals surface area contributed by atoms with Crippen LogP contribution in [0, 0.1) is 6.92 Å². The monoisotopic (exact) mass is 205 g/mol. The number of aryl methyl sites for hydroxylation is 1. The molecule has 0 radical (unpaired) electrons. The third kappa shape index (κ3) is 2.53. The van der Waals surface area contributed by atoms with Gasteiger partial charge in [-0.1, -0.05) is 6.92 Å². The van der Waals surface area contributed by atoms with Gasteiger partial charge in [0.25, 0.3) is 0 Å². The molecule has 1 unspecified atom stereocenters. The first-order valence-electron chi connectivity index (χ1n) is 5.81. The smallest absolute Gasteiger partial charge is 0.125 e. The van der Waals surface area contributed by atoms with Crippen molar-refractivity contribution in [1.82, 2.24) is 14.9 Å². The summed E-state index contributed by atoms with van der Waals surface area (Å²) < 4.78 is 0. The number of aromatic nitrogens is 2. The standard InChI is InChI=1S/C12H19N3/c1-3-15-8-4-5-11(9-15)12-6-7-13-10(2)14-12/h6-7,11H,3-5,8-9H2,1-2H3. The summed E-state index contributed by atoms with van der Waals surface area (Å²) in [4.78, 5) is 11.2. The average Bonchev–Trinajstić information content (AvgIpc) is 2.29. The summed E-state index contributed by atoms with van der Waals surface area (Å²) in [7, 11) is 0. The molecule has 1 fully saturated rings. The van der Waals surface area contributed by atoms with Gasteiger partial charge in [-0.25, -0.2) is 9.97 Å². The number of rotatable bonds is 2. The topological polar surface area (TPSA) is 29.0 Å². The average molecular weight is 205 g/mol. The molecule has 1 saturated heterocycles. The summed E-state index contributed by atoms with van der Waals surface area (Å²) in [5, 5.41) is 0. The van der Waals surface area contributed by atoms with Crippen LogP contribution in [0.2, 0.25) is 0 Å². The van der Waals surface area contributed by atoms with E-state index in [1.54, 1.807) is 0 Å². The van der Waals surface area contributed by atoms with E-state index in [1.165, 1.54) is 25.1 Å². The maximum absolute atomic E-state index is 4.53. The highest BCUT2D eigenvalue weighted by molar-refractivity contribution is 5.09. The van der Waals surface area contributed by atoms with E-state index in [0.29, 0.717) is 5.92 Å². The lowest BCUT2D eigenvalue weighted by atomic mass is 9.94. The van der Waals surface area contributed by atoms with Gasteiger partial charge in [0, 0.05) is 24.4 Å². The lowest BCUT2D eigenvalue weighted by Gasteiger charge is -2.31. The minimum Gasteiger partial charge on any atom is -0.303 e. The molecular weight excluding hydrogens is 186 g/mol. The van der Waals surface area contributed by atoms with Crippen molar-refractivity contribution < 1.29 is 0 Å². The third-order valence-corrected chi connectivity index (χ3v) is 3.17. The predicted molar refractivity (Wildman–Crippen MR) is 60.9 cm³/mol. The molecule has 0 aromatic carbocycles. The highest BCUT2D eigenvalue weighted by Crippen LogP contribution is 2.24. The van der Waals surface area contributed by atoms with Crippen LogP contribution in [0.3, 0.4) is 0 Å². The van der Waals surface area contributed by atoms with Gasteiger partial charge in [-0.2, -0.15) is 0 Å². The minimum atomic E-state index is 0.611. The molecule has 3 nitrogen and oxygen atoms in total. The molecule has 0 saturated carbocycles. The second-order valence-electron chi connectivity index (χ2n) is 4.26. The fourth-order valence-corrected chi connectivity index (χ4v) is 2.29. The summed E-state index contributed by atoms with van der Waals surface area (Å²) in [6, 6.07) is 2.07. The normalized spacial score (nSPS) is 22.9. The molecule has 15 heavy (non-hydrogen) atoms. The Hall–Kier alpha value is -0.960. The zero-order valence-corrected chi connectivity index (χ0v) is 9.61. The van der Waals surface area contributed by atoms with Crippen LogP contribution in [-0.2, 0) is 0 Å². The Labute approximate surface area is 91.5 Å². The van der Waals surface area contributed by atoms with E-state index >= 15 is 0 Å². The van der Waals surface area contributed by atoms with Gasteiger partial charge in [-0.15, -0.1) is 0 Å². The molecular formula is C12H19N3. The van der Waals surface area contributed by atoms with Crippen LogP contribution >= 0.6 is 0 Å². The van der Waals surface area contributed by atoms with Crippen molar-refractivity contribution >= 4 is 0 Å². The van der Waals surface area contributed by atoms with E-state index in [4.69, 9.17) is 0 Å². The Morgan fingerprint density at radius 1 is 1.53 bits per heavy atom. The van der Waals surface area contributed by atoms with E-state index in [-0.39, 0.29) is 0 Å². The molecule has 82 valence electrons. The van der Waals surface area contributed by atoms with Gasteiger partial charge >= 0.3 is 0 Å². The molecule has 0 amide bonds. The van der Waals surface area contributed by atoms with Crippen LogP contribution < -0.4 is 0 Å². The van der Waals surface area contributed by atoms with Gasteiger partial charge < -0.3 is 4.90 Å². The number of nitrogens with zero attached hydrogens (tertiary/aromatic N) is 3. The number of piperidine rings is 1. The first-order chi connectivity index (χ1) is 7.29. The molecule has 2 heterocycles. The molecule has 1 aromatic rings. The van der Waals surface area contributed by atoms with Gasteiger partial charge in [0.15, 0.2) is 0 Å². The van der Waals surface area contributed by atoms with Crippen molar-refractivity contribution in [3.8, 4) is 0 Å². The van der Waals surface area contributed by atoms with E-state index in [2.05, 4.69) is 27.9 Å². The van der Waals surface area contributed by atoms with Crippen LogP contribution in [-0.4, -0.2) is 34.5 Å². The Balaban J connectivity index is 2.09. The molecule has 2 rings (SSSR count). The highest BCUT2D eigenvalue weighted by atomic mass is 15.1. The SMILES string of the molecule is CCN1CCCC(c2ccnc(C)n2)C1. The van der Waals surface area contributed by atoms with Crippen molar-refractivity contribution in [2.24, 2.45) is 0 Å². The van der Waals surface area contributed by atoms with E-state index in [1.807, 2.05) is 13.1 Å². The molecule has 0 bridgehead atoms. The van der Waals surface area contributed by atoms with Crippen LogP contribution in [0.25, 0.3) is 0 Å². The second-order valence-corrected chi connectivity index (χ2v) is 4.26. The third-order valence-electron chi connectivity index (χ3n) is 3.17. The van der Waals surface area contributed by atoms with Crippen LogP contribution in [0.1, 0.15) is 37.2 Å². The van der Waals surface area contributed by atoms with E-state index < -0.39 is 0 Å². The zero-order chi connectivity index (χ0) is 10.7. The summed E-state index contributed by atoms with van der Waals surface area (Å²) >= 11 is 0. The molecule has 1 aliphatic heterocycles. The predicted octanol–water partition coefficient (Wildman–Crippen LogP) is 1.98. The van der Waals surface area contributed by atoms with Crippen LogP contribution in [0.15, 0.2) is 12.3 Å². The number of hydrogen-bond acceptors (Lipinski definition) is 3. The molecule has 1 aromatic heterocycles. The van der Waals surface area contributed by atoms with Crippen molar-refractivity contribution in [2.45, 2.75) is 32.6 Å². The van der Waals surface area contributed by atoms with Crippen LogP contribution in [0.4, 0.5) is 0 Å². The fourth-order valence-electron chi connectivity index (χ4n) is 2.29. The zero-order valence-electron chi connectivity index (χ0n) is 9.61. The largest absolute Gasteiger partial charge is 0.303 e. The molecule has 3 heteroatoms. The first-order valence-corrected chi connectivity index (χ1v) is 5.81. The summed E-state index contributed by atoms with van der Waals surface area (Å²) in [6.07, 6.45) is 4.44. The number of hydrogen-bond donors (Lipinski definition) is 0. The van der Waals surface area contributed by atoms with Gasteiger partial charge in [0.05, 0.1) is 0 Å². The lowest BCUT2D eigenvalue weighted by Crippen LogP contribution is -2.34. The van der Waals surface area contributed by atoms with Crippen molar-refractivity contribution in [2.75, 3.05) is 19.6 Å². The minimum absolute atomic E-state index is 0.611. The molecule has 0 N–H and O–H groups in total. The van der Waals surface area contributed by atoms with Gasteiger partial charge in [0.1, 0.15) is 5.82 Å². The Bertz CT molecular complexity index is 324. The summed E-state index contributed by atoms with van der Waals surface area (Å²) in [6.45, 7) is 7.75. The van der Waals surface area contributed by atoms with Crippen LogP contribution in [0.5, 0.6) is 0 Å². The summed E-state index contributed by atoms with van der Waals surface area (Å²) in [5.41, 5.74) is 1.22. The molecule has 1 atom stereocenters. The van der Waals surface area contributed by atoms with E-state index in [9.17, 15) is 0 Å². The summed E-state index contributed by atoms with van der Waals surface area (Å²) in [5.74, 6) is 1.50. The quantitative estimate of drug-likeness (QED) is 0.739. The maximum atomic E-state index is 4.53. The van der Waals surface area contributed by atoms with Crippen molar-refractivity contribution in [3.05, 3.63) is 23.8 Å². The fraction of sp³-hybridized carbons (Fsp3) is 0.667. The molecule has 0 spiro atoms. The van der Waals surface area contributed by atoms with Crippen molar-refractivity contribution in [1.29, 1.82) is 0 Å². The lowest BCUT2D eigenvalue weighted by molar-refractivity contribution is 0.216. The van der Waals surface area contributed by atoms with Crippen molar-refractivity contribution in [3.63, 3.8) is 0 Å². The number of likely N-dealkylation sites (N-methyl/N-ethyl adjacent to an activating group) is 1. The Morgan fingerprint density at radius 3 is 3.13 bits per heavy atom. The highest BCUT2D eigenvalue weighted by Gasteiger charge is 2.21. The first kappa shape index (κ1) is 10.6. The van der Waals surface area contributed by atoms with E-state index in [0.717, 1.165) is 18.9 Å². The molecule has 1 aliphatic rings. The Kier molecular flexibility index (Phi) is 3.31. The second kappa shape index (κ2) is 4.71.